The van der Waals surface area contributed by atoms with Gasteiger partial charge in [-0.3, -0.25) is 4.98 Å². The Morgan fingerprint density at radius 1 is 1.15 bits per heavy atom. The van der Waals surface area contributed by atoms with E-state index < -0.39 is 0 Å². The fourth-order valence-corrected chi connectivity index (χ4v) is 2.18. The van der Waals surface area contributed by atoms with Gasteiger partial charge in [0.15, 0.2) is 0 Å². The molecule has 0 radical (unpaired) electrons. The molecule has 0 bridgehead atoms. The molecule has 0 saturated heterocycles. The molecule has 0 amide bonds. The van der Waals surface area contributed by atoms with Crippen LogP contribution in [0.2, 0.25) is 0 Å². The summed E-state index contributed by atoms with van der Waals surface area (Å²) in [5.41, 5.74) is 2.64. The smallest absolute Gasteiger partial charge is 0.258 e. The molecule has 4 rings (SSSR count). The molecule has 6 heteroatoms. The predicted octanol–water partition coefficient (Wildman–Crippen LogP) is 2.13. The zero-order valence-corrected chi connectivity index (χ0v) is 10.5. The van der Waals surface area contributed by atoms with Crippen molar-refractivity contribution in [3.63, 3.8) is 0 Å². The second-order valence-electron chi connectivity index (χ2n) is 4.43. The van der Waals surface area contributed by atoms with Gasteiger partial charge < -0.3 is 9.26 Å². The maximum absolute atomic E-state index is 5.48. The number of fused-ring (bicyclic) bond motifs is 1. The number of rotatable bonds is 2. The van der Waals surface area contributed by atoms with E-state index in [1.54, 1.807) is 18.6 Å². The van der Waals surface area contributed by atoms with Crippen LogP contribution in [0.4, 0.5) is 0 Å². The Hall–Kier alpha value is -2.76. The van der Waals surface area contributed by atoms with Gasteiger partial charge in [-0.2, -0.15) is 4.98 Å². The minimum Gasteiger partial charge on any atom is -0.493 e. The van der Waals surface area contributed by atoms with Crippen molar-refractivity contribution in [2.75, 3.05) is 6.61 Å². The summed E-state index contributed by atoms with van der Waals surface area (Å²) < 4.78 is 10.8. The van der Waals surface area contributed by atoms with Crippen LogP contribution in [-0.2, 0) is 6.42 Å². The lowest BCUT2D eigenvalue weighted by Gasteiger charge is -1.99. The minimum atomic E-state index is 0.435. The molecule has 3 heterocycles. The number of ether oxygens (including phenoxy) is 1. The van der Waals surface area contributed by atoms with Gasteiger partial charge in [0.05, 0.1) is 12.8 Å². The molecule has 20 heavy (non-hydrogen) atoms. The summed E-state index contributed by atoms with van der Waals surface area (Å²) in [5, 5.41) is 3.94. The molecule has 6 nitrogen and oxygen atoms in total. The van der Waals surface area contributed by atoms with Crippen LogP contribution in [-0.4, -0.2) is 26.7 Å². The molecule has 1 aromatic carbocycles. The molecule has 3 aromatic rings. The average molecular weight is 266 g/mol. The summed E-state index contributed by atoms with van der Waals surface area (Å²) in [6, 6.07) is 5.87. The monoisotopic (exact) mass is 266 g/mol. The molecule has 2 aromatic heterocycles. The van der Waals surface area contributed by atoms with E-state index in [2.05, 4.69) is 20.1 Å². The van der Waals surface area contributed by atoms with Gasteiger partial charge in [-0.1, -0.05) is 5.16 Å². The minimum absolute atomic E-state index is 0.435. The zero-order chi connectivity index (χ0) is 13.4. The van der Waals surface area contributed by atoms with Gasteiger partial charge >= 0.3 is 0 Å². The van der Waals surface area contributed by atoms with Crippen LogP contribution in [0, 0.1) is 0 Å². The second kappa shape index (κ2) is 4.41. The molecular formula is C14H10N4O2. The van der Waals surface area contributed by atoms with Crippen LogP contribution in [0.3, 0.4) is 0 Å². The number of benzene rings is 1. The lowest BCUT2D eigenvalue weighted by molar-refractivity contribution is 0.357. The van der Waals surface area contributed by atoms with Crippen LogP contribution < -0.4 is 4.74 Å². The third-order valence-corrected chi connectivity index (χ3v) is 3.15. The Bertz CT molecular complexity index is 755. The Morgan fingerprint density at radius 2 is 2.15 bits per heavy atom. The van der Waals surface area contributed by atoms with Crippen molar-refractivity contribution in [1.82, 2.24) is 20.1 Å². The third kappa shape index (κ3) is 1.82. The lowest BCUT2D eigenvalue weighted by atomic mass is 10.1. The Morgan fingerprint density at radius 3 is 3.05 bits per heavy atom. The number of nitrogens with zero attached hydrogens (tertiary/aromatic N) is 4. The van der Waals surface area contributed by atoms with Gasteiger partial charge in [-0.05, 0) is 23.8 Å². The molecule has 0 unspecified atom stereocenters. The molecule has 0 aliphatic carbocycles. The summed E-state index contributed by atoms with van der Waals surface area (Å²) in [5.74, 6) is 1.84. The number of hydrogen-bond donors (Lipinski definition) is 0. The standard InChI is InChI=1S/C14H10N4O2/c1-2-12-9(3-6-19-12)7-10(1)14-17-13(18-20-14)11-8-15-4-5-16-11/h1-2,4-5,7-8H,3,6H2. The molecule has 0 saturated carbocycles. The first-order chi connectivity index (χ1) is 9.90. The van der Waals surface area contributed by atoms with Crippen LogP contribution >= 0.6 is 0 Å². The van der Waals surface area contributed by atoms with Gasteiger partial charge in [0.25, 0.3) is 5.89 Å². The molecule has 0 spiro atoms. The maximum atomic E-state index is 5.48. The van der Waals surface area contributed by atoms with E-state index in [0.29, 0.717) is 17.4 Å². The summed E-state index contributed by atoms with van der Waals surface area (Å²) in [6.07, 6.45) is 5.71. The fourth-order valence-electron chi connectivity index (χ4n) is 2.18. The molecule has 0 N–H and O–H groups in total. The van der Waals surface area contributed by atoms with E-state index >= 15 is 0 Å². The molecule has 98 valence electrons. The second-order valence-corrected chi connectivity index (χ2v) is 4.43. The van der Waals surface area contributed by atoms with E-state index in [0.717, 1.165) is 24.3 Å². The Kier molecular flexibility index (Phi) is 2.45. The lowest BCUT2D eigenvalue weighted by Crippen LogP contribution is -1.86. The molecular weight excluding hydrogens is 256 g/mol. The van der Waals surface area contributed by atoms with E-state index in [4.69, 9.17) is 9.26 Å². The van der Waals surface area contributed by atoms with Gasteiger partial charge in [0.1, 0.15) is 11.4 Å². The summed E-state index contributed by atoms with van der Waals surface area (Å²) in [7, 11) is 0. The van der Waals surface area contributed by atoms with Gasteiger partial charge in [0.2, 0.25) is 5.82 Å². The van der Waals surface area contributed by atoms with Crippen molar-refractivity contribution in [3.05, 3.63) is 42.4 Å². The molecule has 0 atom stereocenters. The molecule has 1 aliphatic rings. The highest BCUT2D eigenvalue weighted by atomic mass is 16.5. The zero-order valence-electron chi connectivity index (χ0n) is 10.5. The van der Waals surface area contributed by atoms with Crippen molar-refractivity contribution >= 4 is 0 Å². The van der Waals surface area contributed by atoms with Gasteiger partial charge in [0, 0.05) is 24.4 Å². The normalized spacial score (nSPS) is 13.0. The van der Waals surface area contributed by atoms with Crippen molar-refractivity contribution in [3.8, 4) is 28.7 Å². The van der Waals surface area contributed by atoms with Crippen LogP contribution in [0.15, 0.2) is 41.3 Å². The largest absolute Gasteiger partial charge is 0.493 e. The molecule has 1 aliphatic heterocycles. The topological polar surface area (TPSA) is 73.9 Å². The van der Waals surface area contributed by atoms with Crippen molar-refractivity contribution in [2.45, 2.75) is 6.42 Å². The summed E-state index contributed by atoms with van der Waals surface area (Å²) >= 11 is 0. The van der Waals surface area contributed by atoms with Crippen molar-refractivity contribution in [2.24, 2.45) is 0 Å². The van der Waals surface area contributed by atoms with E-state index in [1.165, 1.54) is 5.56 Å². The van der Waals surface area contributed by atoms with Crippen LogP contribution in [0.1, 0.15) is 5.56 Å². The first kappa shape index (κ1) is 11.1. The highest BCUT2D eigenvalue weighted by Gasteiger charge is 2.16. The highest BCUT2D eigenvalue weighted by Crippen LogP contribution is 2.30. The summed E-state index contributed by atoms with van der Waals surface area (Å²) in [6.45, 7) is 0.730. The summed E-state index contributed by atoms with van der Waals surface area (Å²) in [4.78, 5) is 12.5. The number of hydrogen-bond acceptors (Lipinski definition) is 6. The maximum Gasteiger partial charge on any atom is 0.258 e. The van der Waals surface area contributed by atoms with Crippen LogP contribution in [0.25, 0.3) is 23.0 Å². The van der Waals surface area contributed by atoms with E-state index in [-0.39, 0.29) is 0 Å². The first-order valence-electron chi connectivity index (χ1n) is 6.26. The van der Waals surface area contributed by atoms with E-state index in [1.807, 2.05) is 18.2 Å². The SMILES string of the molecule is c1cnc(-c2noc(-c3ccc4c(c3)CCO4)n2)cn1. The highest BCUT2D eigenvalue weighted by molar-refractivity contribution is 5.60. The first-order valence-corrected chi connectivity index (χ1v) is 6.26. The van der Waals surface area contributed by atoms with Crippen LogP contribution in [0.5, 0.6) is 5.75 Å². The van der Waals surface area contributed by atoms with Crippen molar-refractivity contribution < 1.29 is 9.26 Å². The van der Waals surface area contributed by atoms with Crippen molar-refractivity contribution in [1.29, 1.82) is 0 Å². The van der Waals surface area contributed by atoms with Gasteiger partial charge in [-0.15, -0.1) is 0 Å². The third-order valence-electron chi connectivity index (χ3n) is 3.15. The Labute approximate surface area is 114 Å². The van der Waals surface area contributed by atoms with E-state index in [9.17, 15) is 0 Å². The Balaban J connectivity index is 1.72. The fraction of sp³-hybridized carbons (Fsp3) is 0.143. The number of aromatic nitrogens is 4. The average Bonchev–Trinajstić information content (AvgIpc) is 3.16. The predicted molar refractivity (Wildman–Crippen MR) is 70.0 cm³/mol. The quantitative estimate of drug-likeness (QED) is 0.707. The van der Waals surface area contributed by atoms with Gasteiger partial charge in [-0.25, -0.2) is 4.98 Å². The molecule has 0 fully saturated rings.